The minimum atomic E-state index is 0.0667. The lowest BCUT2D eigenvalue weighted by molar-refractivity contribution is -0.133. The van der Waals surface area contributed by atoms with E-state index >= 15 is 0 Å². The number of carbonyl (C=O) groups is 1. The number of fused-ring (bicyclic) bond motifs is 1. The maximum Gasteiger partial charge on any atom is 0.227 e. The molecule has 1 aliphatic rings. The molecule has 23 heavy (non-hydrogen) atoms. The van der Waals surface area contributed by atoms with Crippen molar-refractivity contribution in [2.24, 2.45) is 0 Å². The van der Waals surface area contributed by atoms with E-state index in [1.165, 1.54) is 14.7 Å². The van der Waals surface area contributed by atoms with Crippen molar-refractivity contribution in [1.29, 1.82) is 0 Å². The molecule has 2 aromatic carbocycles. The quantitative estimate of drug-likeness (QED) is 0.559. The van der Waals surface area contributed by atoms with Gasteiger partial charge in [0, 0.05) is 20.2 Å². The number of benzene rings is 2. The zero-order valence-corrected chi connectivity index (χ0v) is 16.3. The standard InChI is InChI=1S/C18H16Cl2INO/c1-11-12-4-2-7-17(21)13(12)8-9-22(11)18(23)10-14-15(19)5-3-6-16(14)20/h2-7,11H,8-10H2,1H3/t11-/m0/s1. The summed E-state index contributed by atoms with van der Waals surface area (Å²) in [5.41, 5.74) is 3.31. The van der Waals surface area contributed by atoms with Crippen LogP contribution in [0.5, 0.6) is 0 Å². The molecule has 1 amide bonds. The predicted octanol–water partition coefficient (Wildman–Crippen LogP) is 5.29. The first kappa shape index (κ1) is 17.1. The average Bonchev–Trinajstić information content (AvgIpc) is 2.52. The molecule has 1 atom stereocenters. The van der Waals surface area contributed by atoms with E-state index in [9.17, 15) is 4.79 Å². The van der Waals surface area contributed by atoms with E-state index < -0.39 is 0 Å². The Hall–Kier alpha value is -0.780. The third-order valence-corrected chi connectivity index (χ3v) is 6.10. The summed E-state index contributed by atoms with van der Waals surface area (Å²) in [5.74, 6) is 0.0667. The van der Waals surface area contributed by atoms with Gasteiger partial charge in [-0.15, -0.1) is 0 Å². The van der Waals surface area contributed by atoms with E-state index in [4.69, 9.17) is 23.2 Å². The van der Waals surface area contributed by atoms with Gasteiger partial charge in [0.05, 0.1) is 12.5 Å². The first-order chi connectivity index (χ1) is 11.0. The van der Waals surface area contributed by atoms with Crippen molar-refractivity contribution >= 4 is 51.7 Å². The first-order valence-electron chi connectivity index (χ1n) is 7.48. The molecule has 1 heterocycles. The van der Waals surface area contributed by atoms with Gasteiger partial charge >= 0.3 is 0 Å². The molecule has 0 radical (unpaired) electrons. The van der Waals surface area contributed by atoms with Gasteiger partial charge in [0.1, 0.15) is 0 Å². The van der Waals surface area contributed by atoms with Gasteiger partial charge in [0.25, 0.3) is 0 Å². The molecule has 120 valence electrons. The number of nitrogens with zero attached hydrogens (tertiary/aromatic N) is 1. The summed E-state index contributed by atoms with van der Waals surface area (Å²) >= 11 is 14.8. The van der Waals surface area contributed by atoms with E-state index in [0.717, 1.165) is 13.0 Å². The van der Waals surface area contributed by atoms with E-state index in [1.807, 2.05) is 4.90 Å². The lowest BCUT2D eigenvalue weighted by Crippen LogP contribution is -2.40. The van der Waals surface area contributed by atoms with Gasteiger partial charge in [0.15, 0.2) is 0 Å². The fourth-order valence-corrected chi connectivity index (χ4v) is 4.44. The normalized spacial score (nSPS) is 17.0. The zero-order chi connectivity index (χ0) is 16.6. The van der Waals surface area contributed by atoms with Crippen LogP contribution in [0, 0.1) is 3.57 Å². The molecule has 0 saturated heterocycles. The largest absolute Gasteiger partial charge is 0.335 e. The van der Waals surface area contributed by atoms with E-state index in [-0.39, 0.29) is 18.4 Å². The summed E-state index contributed by atoms with van der Waals surface area (Å²) in [4.78, 5) is 14.7. The molecule has 0 spiro atoms. The Bertz CT molecular complexity index is 742. The van der Waals surface area contributed by atoms with Crippen LogP contribution in [0.15, 0.2) is 36.4 Å². The lowest BCUT2D eigenvalue weighted by atomic mass is 9.93. The van der Waals surface area contributed by atoms with Gasteiger partial charge in [-0.25, -0.2) is 0 Å². The highest BCUT2D eigenvalue weighted by molar-refractivity contribution is 14.1. The van der Waals surface area contributed by atoms with Crippen molar-refractivity contribution in [3.8, 4) is 0 Å². The van der Waals surface area contributed by atoms with Crippen molar-refractivity contribution in [1.82, 2.24) is 4.90 Å². The van der Waals surface area contributed by atoms with E-state index in [0.29, 0.717) is 15.6 Å². The van der Waals surface area contributed by atoms with Gasteiger partial charge in [-0.2, -0.15) is 0 Å². The van der Waals surface area contributed by atoms with Crippen LogP contribution in [0.2, 0.25) is 10.0 Å². The maximum absolute atomic E-state index is 12.8. The average molecular weight is 460 g/mol. The molecule has 3 rings (SSSR count). The molecule has 5 heteroatoms. The van der Waals surface area contributed by atoms with Crippen molar-refractivity contribution < 1.29 is 4.79 Å². The molecule has 0 fully saturated rings. The SMILES string of the molecule is C[C@H]1c2cccc(I)c2CCN1C(=O)Cc1c(Cl)cccc1Cl. The summed E-state index contributed by atoms with van der Waals surface area (Å²) in [7, 11) is 0. The van der Waals surface area contributed by atoms with Crippen LogP contribution in [-0.2, 0) is 17.6 Å². The monoisotopic (exact) mass is 459 g/mol. The number of carbonyl (C=O) groups excluding carboxylic acids is 1. The molecule has 0 unspecified atom stereocenters. The van der Waals surface area contributed by atoms with Crippen LogP contribution in [0.3, 0.4) is 0 Å². The van der Waals surface area contributed by atoms with Crippen molar-refractivity contribution in [3.63, 3.8) is 0 Å². The number of amides is 1. The smallest absolute Gasteiger partial charge is 0.227 e. The third kappa shape index (κ3) is 3.37. The Labute approximate surface area is 159 Å². The first-order valence-corrected chi connectivity index (χ1v) is 9.32. The van der Waals surface area contributed by atoms with Gasteiger partial charge in [-0.05, 0) is 70.8 Å². The Morgan fingerprint density at radius 1 is 1.22 bits per heavy atom. The molecular weight excluding hydrogens is 444 g/mol. The molecule has 0 aliphatic carbocycles. The van der Waals surface area contributed by atoms with Crippen LogP contribution in [-0.4, -0.2) is 17.4 Å². The molecule has 0 bridgehead atoms. The highest BCUT2D eigenvalue weighted by Gasteiger charge is 2.29. The van der Waals surface area contributed by atoms with E-state index in [2.05, 4.69) is 47.7 Å². The number of hydrogen-bond acceptors (Lipinski definition) is 1. The number of rotatable bonds is 2. The minimum absolute atomic E-state index is 0.0667. The van der Waals surface area contributed by atoms with Gasteiger partial charge in [-0.1, -0.05) is 41.4 Å². The topological polar surface area (TPSA) is 20.3 Å². The van der Waals surface area contributed by atoms with E-state index in [1.54, 1.807) is 18.2 Å². The molecule has 2 nitrogen and oxygen atoms in total. The Kier molecular flexibility index (Phi) is 5.19. The number of hydrogen-bond donors (Lipinski definition) is 0. The molecule has 0 N–H and O–H groups in total. The second kappa shape index (κ2) is 6.99. The van der Waals surface area contributed by atoms with Gasteiger partial charge < -0.3 is 4.90 Å². The molecule has 0 saturated carbocycles. The second-order valence-corrected chi connectivity index (χ2v) is 7.67. The minimum Gasteiger partial charge on any atom is -0.335 e. The molecule has 2 aromatic rings. The van der Waals surface area contributed by atoms with Crippen LogP contribution < -0.4 is 0 Å². The van der Waals surface area contributed by atoms with Crippen LogP contribution in [0.25, 0.3) is 0 Å². The maximum atomic E-state index is 12.8. The summed E-state index contributed by atoms with van der Waals surface area (Å²) < 4.78 is 1.27. The molecular formula is C18H16Cl2INO. The summed E-state index contributed by atoms with van der Waals surface area (Å²) in [5, 5.41) is 1.09. The fraction of sp³-hybridized carbons (Fsp3) is 0.278. The summed E-state index contributed by atoms with van der Waals surface area (Å²) in [6, 6.07) is 11.7. The summed E-state index contributed by atoms with van der Waals surface area (Å²) in [6.07, 6.45) is 1.13. The summed E-state index contributed by atoms with van der Waals surface area (Å²) in [6.45, 7) is 2.81. The van der Waals surface area contributed by atoms with Gasteiger partial charge in [-0.3, -0.25) is 4.79 Å². The van der Waals surface area contributed by atoms with Crippen LogP contribution in [0.4, 0.5) is 0 Å². The fourth-order valence-electron chi connectivity index (χ4n) is 3.12. The van der Waals surface area contributed by atoms with Crippen LogP contribution >= 0.6 is 45.8 Å². The van der Waals surface area contributed by atoms with Crippen molar-refractivity contribution in [2.75, 3.05) is 6.54 Å². The Morgan fingerprint density at radius 3 is 2.57 bits per heavy atom. The highest BCUT2D eigenvalue weighted by Crippen LogP contribution is 2.33. The number of halogens is 3. The highest BCUT2D eigenvalue weighted by atomic mass is 127. The zero-order valence-electron chi connectivity index (χ0n) is 12.7. The van der Waals surface area contributed by atoms with Crippen LogP contribution in [0.1, 0.15) is 29.7 Å². The lowest BCUT2D eigenvalue weighted by Gasteiger charge is -2.36. The Morgan fingerprint density at radius 2 is 1.87 bits per heavy atom. The Balaban J connectivity index is 1.84. The van der Waals surface area contributed by atoms with Crippen molar-refractivity contribution in [3.05, 3.63) is 66.7 Å². The molecule has 0 aromatic heterocycles. The molecule has 1 aliphatic heterocycles. The third-order valence-electron chi connectivity index (χ3n) is 4.39. The van der Waals surface area contributed by atoms with Crippen molar-refractivity contribution in [2.45, 2.75) is 25.8 Å². The van der Waals surface area contributed by atoms with Gasteiger partial charge in [0.2, 0.25) is 5.91 Å². The second-order valence-electron chi connectivity index (χ2n) is 5.70. The predicted molar refractivity (Wildman–Crippen MR) is 103 cm³/mol.